The molecule has 2 amide bonds. The van der Waals surface area contributed by atoms with Crippen LogP contribution in [0.5, 0.6) is 23.1 Å². The van der Waals surface area contributed by atoms with E-state index in [-0.39, 0.29) is 47.7 Å². The first kappa shape index (κ1) is 32.4. The van der Waals surface area contributed by atoms with Crippen molar-refractivity contribution >= 4 is 46.4 Å². The molecule has 10 nitrogen and oxygen atoms in total. The van der Waals surface area contributed by atoms with Crippen molar-refractivity contribution in [1.82, 2.24) is 14.8 Å². The van der Waals surface area contributed by atoms with Gasteiger partial charge >= 0.3 is 0 Å². The third-order valence-electron chi connectivity index (χ3n) is 7.78. The summed E-state index contributed by atoms with van der Waals surface area (Å²) in [5.74, 6) is 0.741. The summed E-state index contributed by atoms with van der Waals surface area (Å²) in [7, 11) is 0. The molecule has 1 saturated heterocycles. The first-order chi connectivity index (χ1) is 22.7. The van der Waals surface area contributed by atoms with Crippen molar-refractivity contribution in [3.63, 3.8) is 0 Å². The minimum atomic E-state index is -0.592. The van der Waals surface area contributed by atoms with E-state index in [4.69, 9.17) is 37.4 Å². The Bertz CT molecular complexity index is 1770. The minimum Gasteiger partial charge on any atom is -0.454 e. The summed E-state index contributed by atoms with van der Waals surface area (Å²) in [5.41, 5.74) is 2.42. The molecule has 0 bridgehead atoms. The van der Waals surface area contributed by atoms with Crippen LogP contribution < -0.4 is 24.8 Å². The Balaban J connectivity index is 0.947. The van der Waals surface area contributed by atoms with Gasteiger partial charge in [-0.15, -0.1) is 0 Å². The van der Waals surface area contributed by atoms with Gasteiger partial charge < -0.3 is 29.7 Å². The average Bonchev–Trinajstić information content (AvgIpc) is 3.53. The molecule has 0 aliphatic carbocycles. The van der Waals surface area contributed by atoms with E-state index in [9.17, 15) is 14.0 Å². The molecule has 47 heavy (non-hydrogen) atoms. The zero-order valence-electron chi connectivity index (χ0n) is 25.5. The van der Waals surface area contributed by atoms with Crippen molar-refractivity contribution in [2.45, 2.75) is 25.9 Å². The van der Waals surface area contributed by atoms with Crippen LogP contribution in [0.2, 0.25) is 10.0 Å². The van der Waals surface area contributed by atoms with Crippen LogP contribution in [0.25, 0.3) is 0 Å². The Kier molecular flexibility index (Phi) is 9.95. The lowest BCUT2D eigenvalue weighted by Gasteiger charge is -2.35. The predicted molar refractivity (Wildman–Crippen MR) is 177 cm³/mol. The zero-order valence-corrected chi connectivity index (χ0v) is 27.0. The maximum absolute atomic E-state index is 14.9. The van der Waals surface area contributed by atoms with Gasteiger partial charge in [-0.05, 0) is 61.0 Å². The van der Waals surface area contributed by atoms with E-state index in [1.54, 1.807) is 18.2 Å². The zero-order chi connectivity index (χ0) is 32.9. The average molecular weight is 681 g/mol. The summed E-state index contributed by atoms with van der Waals surface area (Å²) in [4.78, 5) is 33.8. The Labute approximate surface area is 281 Å². The van der Waals surface area contributed by atoms with Crippen molar-refractivity contribution in [1.29, 1.82) is 0 Å². The molecule has 0 spiro atoms. The molecule has 0 saturated carbocycles. The number of ether oxygens (including phenoxy) is 3. The number of fused-ring (bicyclic) bond motifs is 1. The molecule has 1 aromatic heterocycles. The Morgan fingerprint density at radius 1 is 0.936 bits per heavy atom. The molecule has 0 radical (unpaired) electrons. The van der Waals surface area contributed by atoms with Gasteiger partial charge in [-0.3, -0.25) is 14.5 Å². The number of anilines is 2. The van der Waals surface area contributed by atoms with Crippen LogP contribution in [-0.2, 0) is 11.3 Å². The number of hydrogen-bond acceptors (Lipinski definition) is 8. The Morgan fingerprint density at radius 3 is 2.47 bits per heavy atom. The number of carbonyl (C=O) groups is 2. The summed E-state index contributed by atoms with van der Waals surface area (Å²) in [6, 6.07) is 17.9. The SMILES string of the molecule is CC(CC(=O)N1CCN(Cc2ccc3c(c2)OCO3)CC1)Nc1ccc(Oc2ccc(NC(=O)c3ccc(Cl)c(Cl)c3)cn2)c(F)c1. The molecule has 1 fully saturated rings. The van der Waals surface area contributed by atoms with Gasteiger partial charge in [-0.1, -0.05) is 29.3 Å². The highest BCUT2D eigenvalue weighted by atomic mass is 35.5. The van der Waals surface area contributed by atoms with E-state index >= 15 is 0 Å². The van der Waals surface area contributed by atoms with E-state index in [0.717, 1.165) is 36.7 Å². The summed E-state index contributed by atoms with van der Waals surface area (Å²) in [5, 5.41) is 6.53. The normalized spacial score (nSPS) is 14.9. The van der Waals surface area contributed by atoms with Gasteiger partial charge in [0.15, 0.2) is 23.1 Å². The molecule has 2 aliphatic heterocycles. The molecule has 3 heterocycles. The molecule has 1 unspecified atom stereocenters. The second-order valence-electron chi connectivity index (χ2n) is 11.3. The first-order valence-corrected chi connectivity index (χ1v) is 15.8. The van der Waals surface area contributed by atoms with Gasteiger partial charge in [-0.2, -0.15) is 0 Å². The van der Waals surface area contributed by atoms with E-state index in [2.05, 4.69) is 20.5 Å². The highest BCUT2D eigenvalue weighted by Crippen LogP contribution is 2.33. The molecule has 244 valence electrons. The van der Waals surface area contributed by atoms with Crippen LogP contribution in [-0.4, -0.2) is 65.6 Å². The third-order valence-corrected chi connectivity index (χ3v) is 8.52. The van der Waals surface area contributed by atoms with Gasteiger partial charge in [-0.25, -0.2) is 9.37 Å². The second-order valence-corrected chi connectivity index (χ2v) is 12.1. The maximum atomic E-state index is 14.9. The number of nitrogens with zero attached hydrogens (tertiary/aromatic N) is 3. The van der Waals surface area contributed by atoms with Crippen LogP contribution in [0, 0.1) is 5.82 Å². The van der Waals surface area contributed by atoms with E-state index < -0.39 is 5.82 Å². The van der Waals surface area contributed by atoms with E-state index in [1.165, 1.54) is 36.5 Å². The van der Waals surface area contributed by atoms with Gasteiger partial charge in [0.2, 0.25) is 18.6 Å². The topological polar surface area (TPSA) is 105 Å². The number of carbonyl (C=O) groups excluding carboxylic acids is 2. The fourth-order valence-corrected chi connectivity index (χ4v) is 5.62. The smallest absolute Gasteiger partial charge is 0.255 e. The van der Waals surface area contributed by atoms with Gasteiger partial charge in [0, 0.05) is 68.6 Å². The highest BCUT2D eigenvalue weighted by molar-refractivity contribution is 6.42. The van der Waals surface area contributed by atoms with Gasteiger partial charge in [0.05, 0.1) is 21.9 Å². The van der Waals surface area contributed by atoms with E-state index in [1.807, 2.05) is 30.0 Å². The van der Waals surface area contributed by atoms with Gasteiger partial charge in [0.25, 0.3) is 5.91 Å². The number of halogens is 3. The number of hydrogen-bond donors (Lipinski definition) is 2. The monoisotopic (exact) mass is 679 g/mol. The molecular weight excluding hydrogens is 648 g/mol. The number of benzene rings is 3. The summed E-state index contributed by atoms with van der Waals surface area (Å²) >= 11 is 11.9. The molecule has 3 aromatic carbocycles. The summed E-state index contributed by atoms with van der Waals surface area (Å²) < 4.78 is 31.4. The van der Waals surface area contributed by atoms with Crippen LogP contribution >= 0.6 is 23.2 Å². The van der Waals surface area contributed by atoms with Crippen molar-refractivity contribution in [3.05, 3.63) is 99.9 Å². The maximum Gasteiger partial charge on any atom is 0.255 e. The second kappa shape index (κ2) is 14.5. The quantitative estimate of drug-likeness (QED) is 0.188. The number of piperazine rings is 1. The van der Waals surface area contributed by atoms with Crippen molar-refractivity contribution < 1.29 is 28.2 Å². The molecule has 6 rings (SSSR count). The lowest BCUT2D eigenvalue weighted by molar-refractivity contribution is -0.133. The predicted octanol–water partition coefficient (Wildman–Crippen LogP) is 6.84. The highest BCUT2D eigenvalue weighted by Gasteiger charge is 2.23. The van der Waals surface area contributed by atoms with Crippen molar-refractivity contribution in [2.24, 2.45) is 0 Å². The van der Waals surface area contributed by atoms with Crippen molar-refractivity contribution in [3.8, 4) is 23.1 Å². The molecule has 1 atom stereocenters. The number of pyridine rings is 1. The largest absolute Gasteiger partial charge is 0.454 e. The lowest BCUT2D eigenvalue weighted by Crippen LogP contribution is -2.49. The molecule has 13 heteroatoms. The molecule has 2 N–H and O–H groups in total. The van der Waals surface area contributed by atoms with Crippen LogP contribution in [0.3, 0.4) is 0 Å². The van der Waals surface area contributed by atoms with Crippen LogP contribution in [0.1, 0.15) is 29.3 Å². The third kappa shape index (κ3) is 8.23. The minimum absolute atomic E-state index is 0.0158. The van der Waals surface area contributed by atoms with Gasteiger partial charge in [0.1, 0.15) is 0 Å². The number of nitrogens with one attached hydrogen (secondary N) is 2. The fraction of sp³-hybridized carbons (Fsp3) is 0.265. The number of aromatic nitrogens is 1. The Hall–Kier alpha value is -4.58. The number of rotatable bonds is 10. The van der Waals surface area contributed by atoms with Crippen LogP contribution in [0.4, 0.5) is 15.8 Å². The molecular formula is C34H32Cl2FN5O5. The van der Waals surface area contributed by atoms with Crippen LogP contribution in [0.15, 0.2) is 72.9 Å². The first-order valence-electron chi connectivity index (χ1n) is 15.1. The summed E-state index contributed by atoms with van der Waals surface area (Å²) in [6.45, 7) is 5.78. The Morgan fingerprint density at radius 2 is 1.72 bits per heavy atom. The van der Waals surface area contributed by atoms with Crippen molar-refractivity contribution in [2.75, 3.05) is 43.6 Å². The summed E-state index contributed by atoms with van der Waals surface area (Å²) in [6.07, 6.45) is 1.68. The standard InChI is InChI=1S/C34H32Cl2FN5O5/c1-21(14-33(43)42-12-10-41(11-13-42)19-22-2-7-30-31(15-22)46-20-45-30)39-24-4-8-29(28(37)17-24)47-32-9-5-25(18-38-32)40-34(44)23-3-6-26(35)27(36)16-23/h2-9,15-18,21,39H,10-14,19-20H2,1H3,(H,40,44). The van der Waals surface area contributed by atoms with E-state index in [0.29, 0.717) is 35.1 Å². The molecule has 2 aliphatic rings. The fourth-order valence-electron chi connectivity index (χ4n) is 5.32. The lowest BCUT2D eigenvalue weighted by atomic mass is 10.1. The number of amides is 2. The molecule has 4 aromatic rings.